The van der Waals surface area contributed by atoms with E-state index < -0.39 is 0 Å². The summed E-state index contributed by atoms with van der Waals surface area (Å²) in [5.41, 5.74) is 11.1. The summed E-state index contributed by atoms with van der Waals surface area (Å²) in [6, 6.07) is 10.7. The van der Waals surface area contributed by atoms with E-state index in [0.717, 1.165) is 39.9 Å². The number of hydrogen-bond acceptors (Lipinski definition) is 3. The molecule has 0 atom stereocenters. The average molecular weight is 374 g/mol. The van der Waals surface area contributed by atoms with Gasteiger partial charge in [-0.3, -0.25) is 10.2 Å². The Labute approximate surface area is 165 Å². The maximum absolute atomic E-state index is 4.60. The van der Waals surface area contributed by atoms with Crippen LogP contribution in [0.4, 0.5) is 0 Å². The van der Waals surface area contributed by atoms with Crippen molar-refractivity contribution in [2.24, 2.45) is 0 Å². The first kappa shape index (κ1) is 18.2. The fraction of sp³-hybridized carbons (Fsp3) is 0.318. The van der Waals surface area contributed by atoms with Crippen LogP contribution in [-0.2, 0) is 0 Å². The number of benzene rings is 1. The summed E-state index contributed by atoms with van der Waals surface area (Å²) in [5, 5.41) is 19.8. The van der Waals surface area contributed by atoms with Gasteiger partial charge in [0, 0.05) is 34.1 Å². The van der Waals surface area contributed by atoms with E-state index in [4.69, 9.17) is 0 Å². The molecule has 0 saturated heterocycles. The largest absolute Gasteiger partial charge is 0.282 e. The zero-order valence-corrected chi connectivity index (χ0v) is 17.3. The number of aromatic amines is 2. The molecule has 0 radical (unpaired) electrons. The number of rotatable bonds is 4. The van der Waals surface area contributed by atoms with Crippen molar-refractivity contribution in [3.8, 4) is 5.69 Å². The molecular formula is C22H26N6. The van der Waals surface area contributed by atoms with Crippen LogP contribution in [0.3, 0.4) is 0 Å². The molecule has 0 bridgehead atoms. The number of nitrogens with zero attached hydrogens (tertiary/aromatic N) is 4. The Kier molecular flexibility index (Phi) is 4.41. The summed E-state index contributed by atoms with van der Waals surface area (Å²) < 4.78 is 1.98. The van der Waals surface area contributed by atoms with Crippen molar-refractivity contribution in [1.29, 1.82) is 0 Å². The van der Waals surface area contributed by atoms with Crippen molar-refractivity contribution in [3.63, 3.8) is 0 Å². The van der Waals surface area contributed by atoms with Crippen LogP contribution in [0, 0.1) is 41.5 Å². The van der Waals surface area contributed by atoms with E-state index in [1.54, 1.807) is 0 Å². The first-order valence-corrected chi connectivity index (χ1v) is 9.53. The third-order valence-corrected chi connectivity index (χ3v) is 5.43. The monoisotopic (exact) mass is 374 g/mol. The minimum absolute atomic E-state index is 0.0759. The molecule has 6 nitrogen and oxygen atoms in total. The maximum Gasteiger partial charge on any atom is 0.0648 e. The van der Waals surface area contributed by atoms with Gasteiger partial charge in [0.1, 0.15) is 0 Å². The molecule has 28 heavy (non-hydrogen) atoms. The number of hydrogen-bond donors (Lipinski definition) is 2. The second-order valence-electron chi connectivity index (χ2n) is 7.56. The predicted octanol–water partition coefficient (Wildman–Crippen LogP) is 4.35. The summed E-state index contributed by atoms with van der Waals surface area (Å²) >= 11 is 0. The highest BCUT2D eigenvalue weighted by Gasteiger charge is 2.27. The third-order valence-electron chi connectivity index (χ3n) is 5.43. The van der Waals surface area contributed by atoms with E-state index in [2.05, 4.69) is 90.4 Å². The zero-order valence-electron chi connectivity index (χ0n) is 17.3. The molecule has 0 saturated carbocycles. The Morgan fingerprint density at radius 2 is 1.32 bits per heavy atom. The van der Waals surface area contributed by atoms with E-state index in [0.29, 0.717) is 0 Å². The number of H-pyrrole nitrogens is 2. The highest BCUT2D eigenvalue weighted by atomic mass is 15.3. The Bertz CT molecular complexity index is 1040. The van der Waals surface area contributed by atoms with E-state index in [1.807, 2.05) is 11.6 Å². The van der Waals surface area contributed by atoms with Crippen LogP contribution >= 0.6 is 0 Å². The van der Waals surface area contributed by atoms with E-state index >= 15 is 0 Å². The molecule has 6 heteroatoms. The standard InChI is InChI=1S/C22H26N6/c1-12-11-13(2)28(27-12)19-9-7-18(8-10-19)22(20-14(3)23-24-15(20)4)21-16(5)25-26-17(21)6/h7-11,22H,1-6H3,(H,23,24)(H,25,26). The quantitative estimate of drug-likeness (QED) is 0.558. The highest BCUT2D eigenvalue weighted by Crippen LogP contribution is 2.37. The van der Waals surface area contributed by atoms with Gasteiger partial charge in [-0.1, -0.05) is 12.1 Å². The van der Waals surface area contributed by atoms with Gasteiger partial charge in [0.2, 0.25) is 0 Å². The first-order chi connectivity index (χ1) is 13.4. The summed E-state index contributed by atoms with van der Waals surface area (Å²) in [5.74, 6) is 0.0759. The van der Waals surface area contributed by atoms with Crippen LogP contribution in [0.15, 0.2) is 30.3 Å². The molecule has 4 aromatic rings. The Balaban J connectivity index is 1.85. The normalized spacial score (nSPS) is 11.5. The lowest BCUT2D eigenvalue weighted by molar-refractivity contribution is 0.831. The second-order valence-corrected chi connectivity index (χ2v) is 7.56. The molecule has 0 aliphatic carbocycles. The fourth-order valence-electron chi connectivity index (χ4n) is 4.15. The van der Waals surface area contributed by atoms with Gasteiger partial charge in [0.15, 0.2) is 0 Å². The first-order valence-electron chi connectivity index (χ1n) is 9.53. The minimum Gasteiger partial charge on any atom is -0.282 e. The highest BCUT2D eigenvalue weighted by molar-refractivity contribution is 5.50. The molecular weight excluding hydrogens is 348 g/mol. The molecule has 2 N–H and O–H groups in total. The van der Waals surface area contributed by atoms with Crippen LogP contribution in [-0.4, -0.2) is 30.2 Å². The molecule has 0 unspecified atom stereocenters. The van der Waals surface area contributed by atoms with E-state index in [9.17, 15) is 0 Å². The minimum atomic E-state index is 0.0759. The molecule has 3 aromatic heterocycles. The molecule has 144 valence electrons. The van der Waals surface area contributed by atoms with Gasteiger partial charge in [-0.25, -0.2) is 4.68 Å². The van der Waals surface area contributed by atoms with Gasteiger partial charge in [-0.05, 0) is 65.3 Å². The Morgan fingerprint density at radius 3 is 1.71 bits per heavy atom. The fourth-order valence-corrected chi connectivity index (χ4v) is 4.15. The van der Waals surface area contributed by atoms with Crippen molar-refractivity contribution in [2.45, 2.75) is 47.5 Å². The van der Waals surface area contributed by atoms with Crippen LogP contribution in [0.1, 0.15) is 56.8 Å². The van der Waals surface area contributed by atoms with Crippen LogP contribution in [0.25, 0.3) is 5.69 Å². The van der Waals surface area contributed by atoms with Crippen molar-refractivity contribution in [3.05, 3.63) is 81.2 Å². The Morgan fingerprint density at radius 1 is 0.786 bits per heavy atom. The number of aromatic nitrogens is 6. The third kappa shape index (κ3) is 2.95. The van der Waals surface area contributed by atoms with Crippen LogP contribution < -0.4 is 0 Å². The van der Waals surface area contributed by atoms with E-state index in [-0.39, 0.29) is 5.92 Å². The molecule has 0 fully saturated rings. The van der Waals surface area contributed by atoms with Gasteiger partial charge in [0.05, 0.1) is 22.8 Å². The molecule has 3 heterocycles. The second kappa shape index (κ2) is 6.78. The predicted molar refractivity (Wildman–Crippen MR) is 110 cm³/mol. The Hall–Kier alpha value is -3.15. The van der Waals surface area contributed by atoms with Crippen molar-refractivity contribution in [2.75, 3.05) is 0 Å². The topological polar surface area (TPSA) is 75.2 Å². The van der Waals surface area contributed by atoms with Gasteiger partial charge >= 0.3 is 0 Å². The molecule has 0 spiro atoms. The van der Waals surface area contributed by atoms with Crippen molar-refractivity contribution in [1.82, 2.24) is 30.2 Å². The summed E-state index contributed by atoms with van der Waals surface area (Å²) in [6.45, 7) is 12.4. The lowest BCUT2D eigenvalue weighted by Crippen LogP contribution is -2.08. The molecule has 1 aromatic carbocycles. The molecule has 4 rings (SSSR count). The zero-order chi connectivity index (χ0) is 20.0. The van der Waals surface area contributed by atoms with Crippen molar-refractivity contribution < 1.29 is 0 Å². The van der Waals surface area contributed by atoms with Gasteiger partial charge in [0.25, 0.3) is 0 Å². The van der Waals surface area contributed by atoms with Crippen LogP contribution in [0.2, 0.25) is 0 Å². The van der Waals surface area contributed by atoms with Gasteiger partial charge in [-0.15, -0.1) is 0 Å². The van der Waals surface area contributed by atoms with Crippen molar-refractivity contribution >= 4 is 0 Å². The average Bonchev–Trinajstić information content (AvgIpc) is 3.29. The summed E-state index contributed by atoms with van der Waals surface area (Å²) in [4.78, 5) is 0. The molecule has 0 aliphatic heterocycles. The maximum atomic E-state index is 4.60. The smallest absolute Gasteiger partial charge is 0.0648 e. The summed E-state index contributed by atoms with van der Waals surface area (Å²) in [6.07, 6.45) is 0. The summed E-state index contributed by atoms with van der Waals surface area (Å²) in [7, 11) is 0. The lowest BCUT2D eigenvalue weighted by atomic mass is 9.83. The van der Waals surface area contributed by atoms with Crippen LogP contribution in [0.5, 0.6) is 0 Å². The van der Waals surface area contributed by atoms with E-state index in [1.165, 1.54) is 16.7 Å². The number of aryl methyl sites for hydroxylation is 6. The molecule has 0 aliphatic rings. The van der Waals surface area contributed by atoms with Gasteiger partial charge < -0.3 is 0 Å². The SMILES string of the molecule is Cc1cc(C)n(-c2ccc(C(c3c(C)n[nH]c3C)c3c(C)n[nH]c3C)cc2)n1. The van der Waals surface area contributed by atoms with Gasteiger partial charge in [-0.2, -0.15) is 15.3 Å². The lowest BCUT2D eigenvalue weighted by Gasteiger charge is -2.20. The molecule has 0 amide bonds. The number of nitrogens with one attached hydrogen (secondary N) is 2.